The van der Waals surface area contributed by atoms with Crippen molar-refractivity contribution in [1.82, 2.24) is 9.97 Å². The van der Waals surface area contributed by atoms with Crippen molar-refractivity contribution >= 4 is 46.4 Å². The molecule has 0 fully saturated rings. The average molecular weight is 384 g/mol. The molecule has 0 radical (unpaired) electrons. The van der Waals surface area contributed by atoms with Gasteiger partial charge in [-0.25, -0.2) is 9.97 Å². The van der Waals surface area contributed by atoms with Crippen LogP contribution in [0, 0.1) is 11.3 Å². The Morgan fingerprint density at radius 3 is 2.23 bits per heavy atom. The van der Waals surface area contributed by atoms with Crippen LogP contribution in [0.5, 0.6) is 0 Å². The van der Waals surface area contributed by atoms with Crippen LogP contribution in [0.4, 0.5) is 17.3 Å². The molecule has 3 rings (SSSR count). The highest BCUT2D eigenvalue weighted by atomic mass is 35.5. The van der Waals surface area contributed by atoms with Crippen molar-refractivity contribution in [2.24, 2.45) is 0 Å². The van der Waals surface area contributed by atoms with E-state index in [4.69, 9.17) is 28.5 Å². The smallest absolute Gasteiger partial charge is 0.258 e. The van der Waals surface area contributed by atoms with E-state index < -0.39 is 0 Å². The van der Waals surface area contributed by atoms with E-state index in [1.165, 1.54) is 12.4 Å². The second-order valence-corrected chi connectivity index (χ2v) is 6.01. The van der Waals surface area contributed by atoms with E-state index >= 15 is 0 Å². The van der Waals surface area contributed by atoms with Crippen LogP contribution in [0.3, 0.4) is 0 Å². The van der Waals surface area contributed by atoms with Gasteiger partial charge < -0.3 is 10.6 Å². The highest BCUT2D eigenvalue weighted by Crippen LogP contribution is 2.26. The fourth-order valence-corrected chi connectivity index (χ4v) is 2.34. The minimum Gasteiger partial charge on any atom is -0.324 e. The van der Waals surface area contributed by atoms with Crippen LogP contribution in [-0.4, -0.2) is 15.9 Å². The van der Waals surface area contributed by atoms with Crippen molar-refractivity contribution in [2.75, 3.05) is 10.6 Å². The summed E-state index contributed by atoms with van der Waals surface area (Å²) in [5, 5.41) is 15.3. The number of hydrogen-bond donors (Lipinski definition) is 2. The van der Waals surface area contributed by atoms with Gasteiger partial charge in [-0.2, -0.15) is 5.26 Å². The van der Waals surface area contributed by atoms with Gasteiger partial charge >= 0.3 is 0 Å². The Morgan fingerprint density at radius 1 is 0.962 bits per heavy atom. The number of amides is 1. The first-order valence-corrected chi connectivity index (χ1v) is 8.16. The third-order valence-electron chi connectivity index (χ3n) is 3.36. The van der Waals surface area contributed by atoms with Gasteiger partial charge in [0, 0.05) is 23.8 Å². The summed E-state index contributed by atoms with van der Waals surface area (Å²) in [6.07, 6.45) is 2.82. The molecule has 0 aliphatic carbocycles. The highest BCUT2D eigenvalue weighted by Gasteiger charge is 2.08. The number of nitrogens with one attached hydrogen (secondary N) is 2. The topological polar surface area (TPSA) is 90.7 Å². The number of nitrogens with zero attached hydrogens (tertiary/aromatic N) is 3. The second-order valence-electron chi connectivity index (χ2n) is 5.19. The van der Waals surface area contributed by atoms with E-state index in [9.17, 15) is 4.79 Å². The van der Waals surface area contributed by atoms with E-state index in [-0.39, 0.29) is 5.91 Å². The molecule has 1 aromatic heterocycles. The molecule has 128 valence electrons. The molecule has 0 unspecified atom stereocenters. The standard InChI is InChI=1S/C18H11Cl2N5O/c19-15-6-5-14(7-16(15)20)25-18-22-9-12(10-23-18)17(26)24-13-3-1-11(8-21)2-4-13/h1-7,9-10H,(H,24,26)(H,22,23,25). The second kappa shape index (κ2) is 7.83. The van der Waals surface area contributed by atoms with Crippen LogP contribution < -0.4 is 10.6 Å². The Labute approximate surface area is 159 Å². The Bertz CT molecular complexity index is 982. The van der Waals surface area contributed by atoms with E-state index in [1.54, 1.807) is 42.5 Å². The number of halogens is 2. The first-order valence-electron chi connectivity index (χ1n) is 7.41. The lowest BCUT2D eigenvalue weighted by Crippen LogP contribution is -2.13. The predicted molar refractivity (Wildman–Crippen MR) is 101 cm³/mol. The summed E-state index contributed by atoms with van der Waals surface area (Å²) < 4.78 is 0. The van der Waals surface area contributed by atoms with Crippen LogP contribution in [0.15, 0.2) is 54.9 Å². The molecule has 0 spiro atoms. The highest BCUT2D eigenvalue weighted by molar-refractivity contribution is 6.42. The van der Waals surface area contributed by atoms with Crippen LogP contribution in [0.2, 0.25) is 10.0 Å². The van der Waals surface area contributed by atoms with Crippen LogP contribution in [0.25, 0.3) is 0 Å². The van der Waals surface area contributed by atoms with Crippen molar-refractivity contribution < 1.29 is 4.79 Å². The summed E-state index contributed by atoms with van der Waals surface area (Å²) in [6.45, 7) is 0. The number of aromatic nitrogens is 2. The maximum atomic E-state index is 12.2. The van der Waals surface area contributed by atoms with Crippen molar-refractivity contribution in [3.05, 3.63) is 76.0 Å². The molecule has 1 amide bonds. The molecule has 0 atom stereocenters. The summed E-state index contributed by atoms with van der Waals surface area (Å²) in [6, 6.07) is 13.6. The molecular weight excluding hydrogens is 373 g/mol. The number of anilines is 3. The molecule has 26 heavy (non-hydrogen) atoms. The fraction of sp³-hybridized carbons (Fsp3) is 0. The van der Waals surface area contributed by atoms with E-state index in [2.05, 4.69) is 20.6 Å². The third kappa shape index (κ3) is 4.28. The zero-order valence-electron chi connectivity index (χ0n) is 13.2. The number of hydrogen-bond acceptors (Lipinski definition) is 5. The number of rotatable bonds is 4. The molecule has 0 saturated heterocycles. The molecular formula is C18H11Cl2N5O. The lowest BCUT2D eigenvalue weighted by molar-refractivity contribution is 0.102. The molecule has 8 heteroatoms. The van der Waals surface area contributed by atoms with E-state index in [0.717, 1.165) is 0 Å². The molecule has 0 bridgehead atoms. The van der Waals surface area contributed by atoms with Gasteiger partial charge in [-0.1, -0.05) is 23.2 Å². The molecule has 2 N–H and O–H groups in total. The molecule has 0 saturated carbocycles. The SMILES string of the molecule is N#Cc1ccc(NC(=O)c2cnc(Nc3ccc(Cl)c(Cl)c3)nc2)cc1. The van der Waals surface area contributed by atoms with Crippen LogP contribution in [0.1, 0.15) is 15.9 Å². The van der Waals surface area contributed by atoms with Crippen molar-refractivity contribution in [3.8, 4) is 6.07 Å². The van der Waals surface area contributed by atoms with Gasteiger partial charge in [0.25, 0.3) is 5.91 Å². The third-order valence-corrected chi connectivity index (χ3v) is 4.10. The summed E-state index contributed by atoms with van der Waals surface area (Å²) in [5.74, 6) is -0.0332. The van der Waals surface area contributed by atoms with E-state index in [1.807, 2.05) is 6.07 Å². The van der Waals surface area contributed by atoms with Crippen LogP contribution in [-0.2, 0) is 0 Å². The van der Waals surface area contributed by atoms with Crippen molar-refractivity contribution in [1.29, 1.82) is 5.26 Å². The average Bonchev–Trinajstić information content (AvgIpc) is 2.66. The number of carbonyl (C=O) groups is 1. The zero-order valence-corrected chi connectivity index (χ0v) is 14.7. The van der Waals surface area contributed by atoms with Gasteiger partial charge in [0.1, 0.15) is 0 Å². The number of nitriles is 1. The Balaban J connectivity index is 1.67. The molecule has 1 heterocycles. The summed E-state index contributed by atoms with van der Waals surface area (Å²) in [5.41, 5.74) is 2.07. The van der Waals surface area contributed by atoms with Crippen molar-refractivity contribution in [3.63, 3.8) is 0 Å². The fourth-order valence-electron chi connectivity index (χ4n) is 2.04. The Hall–Kier alpha value is -3.14. The van der Waals surface area contributed by atoms with E-state index in [0.29, 0.717) is 38.5 Å². The zero-order chi connectivity index (χ0) is 18.5. The first kappa shape index (κ1) is 17.7. The van der Waals surface area contributed by atoms with Gasteiger partial charge in [0.15, 0.2) is 0 Å². The van der Waals surface area contributed by atoms with Gasteiger partial charge in [-0.15, -0.1) is 0 Å². The van der Waals surface area contributed by atoms with Gasteiger partial charge in [0.05, 0.1) is 27.2 Å². The lowest BCUT2D eigenvalue weighted by Gasteiger charge is -2.07. The minimum absolute atomic E-state index is 0.300. The maximum absolute atomic E-state index is 12.2. The molecule has 0 aliphatic rings. The minimum atomic E-state index is -0.351. The van der Waals surface area contributed by atoms with Gasteiger partial charge in [-0.3, -0.25) is 4.79 Å². The van der Waals surface area contributed by atoms with Gasteiger partial charge in [-0.05, 0) is 42.5 Å². The molecule has 2 aromatic carbocycles. The Kier molecular flexibility index (Phi) is 5.32. The Morgan fingerprint density at radius 2 is 1.62 bits per heavy atom. The number of benzene rings is 2. The maximum Gasteiger partial charge on any atom is 0.258 e. The first-order chi connectivity index (χ1) is 12.5. The van der Waals surface area contributed by atoms with Gasteiger partial charge in [0.2, 0.25) is 5.95 Å². The van der Waals surface area contributed by atoms with Crippen LogP contribution >= 0.6 is 23.2 Å². The summed E-state index contributed by atoms with van der Waals surface area (Å²) in [4.78, 5) is 20.4. The van der Waals surface area contributed by atoms with Crippen molar-refractivity contribution in [2.45, 2.75) is 0 Å². The monoisotopic (exact) mass is 383 g/mol. The largest absolute Gasteiger partial charge is 0.324 e. The molecule has 3 aromatic rings. The summed E-state index contributed by atoms with van der Waals surface area (Å²) in [7, 11) is 0. The number of carbonyl (C=O) groups excluding carboxylic acids is 1. The lowest BCUT2D eigenvalue weighted by atomic mass is 10.2. The molecule has 0 aliphatic heterocycles. The predicted octanol–water partition coefficient (Wildman–Crippen LogP) is 4.65. The quantitative estimate of drug-likeness (QED) is 0.683. The normalized spacial score (nSPS) is 10.0. The summed E-state index contributed by atoms with van der Waals surface area (Å²) >= 11 is 11.8. The molecule has 6 nitrogen and oxygen atoms in total.